The molecule has 2 N–H and O–H groups in total. The van der Waals surface area contributed by atoms with Gasteiger partial charge in [-0.3, -0.25) is 4.79 Å². The van der Waals surface area contributed by atoms with Crippen LogP contribution < -0.4 is 5.32 Å². The number of carboxylic acids is 1. The van der Waals surface area contributed by atoms with Crippen molar-refractivity contribution < 1.29 is 19.4 Å². The van der Waals surface area contributed by atoms with E-state index in [1.54, 1.807) is 0 Å². The summed E-state index contributed by atoms with van der Waals surface area (Å²) in [5.74, 6) is -1.48. The molecule has 1 aromatic carbocycles. The highest BCUT2D eigenvalue weighted by atomic mass is 16.5. The summed E-state index contributed by atoms with van der Waals surface area (Å²) in [5, 5.41) is 11.9. The van der Waals surface area contributed by atoms with Crippen LogP contribution in [0.5, 0.6) is 0 Å². The van der Waals surface area contributed by atoms with Gasteiger partial charge in [0.1, 0.15) is 6.04 Å². The summed E-state index contributed by atoms with van der Waals surface area (Å²) >= 11 is 0. The predicted octanol–water partition coefficient (Wildman–Crippen LogP) is 1.23. The molecule has 20 heavy (non-hydrogen) atoms. The summed E-state index contributed by atoms with van der Waals surface area (Å²) in [6.45, 7) is 1.06. The van der Waals surface area contributed by atoms with Gasteiger partial charge in [0.2, 0.25) is 5.91 Å². The van der Waals surface area contributed by atoms with E-state index in [1.807, 2.05) is 30.3 Å². The van der Waals surface area contributed by atoms with Crippen molar-refractivity contribution in [3.63, 3.8) is 0 Å². The molecule has 1 aliphatic rings. The Morgan fingerprint density at radius 3 is 2.70 bits per heavy atom. The average molecular weight is 277 g/mol. The van der Waals surface area contributed by atoms with Crippen molar-refractivity contribution in [1.29, 1.82) is 0 Å². The standard InChI is InChI=1S/C15H19NO4/c17-14(12-7-4-8-20-10-12)16-13(15(18)19)9-11-5-2-1-3-6-11/h1-3,5-6,12-13H,4,7-10H2,(H,16,17)(H,18,19). The normalized spacial score (nSPS) is 20.1. The second-order valence-electron chi connectivity index (χ2n) is 5.00. The van der Waals surface area contributed by atoms with Crippen LogP contribution in [-0.2, 0) is 20.7 Å². The van der Waals surface area contributed by atoms with Gasteiger partial charge >= 0.3 is 5.97 Å². The maximum atomic E-state index is 12.0. The molecular weight excluding hydrogens is 258 g/mol. The van der Waals surface area contributed by atoms with E-state index in [4.69, 9.17) is 4.74 Å². The van der Waals surface area contributed by atoms with E-state index in [-0.39, 0.29) is 18.2 Å². The van der Waals surface area contributed by atoms with E-state index < -0.39 is 12.0 Å². The zero-order valence-electron chi connectivity index (χ0n) is 11.2. The van der Waals surface area contributed by atoms with Crippen LogP contribution >= 0.6 is 0 Å². The number of amides is 1. The molecule has 0 spiro atoms. The summed E-state index contributed by atoms with van der Waals surface area (Å²) in [7, 11) is 0. The third kappa shape index (κ3) is 4.06. The first-order valence-electron chi connectivity index (χ1n) is 6.81. The molecule has 108 valence electrons. The van der Waals surface area contributed by atoms with Crippen molar-refractivity contribution in [2.24, 2.45) is 5.92 Å². The van der Waals surface area contributed by atoms with E-state index in [1.165, 1.54) is 0 Å². The van der Waals surface area contributed by atoms with Crippen molar-refractivity contribution in [3.05, 3.63) is 35.9 Å². The van der Waals surface area contributed by atoms with Gasteiger partial charge < -0.3 is 15.2 Å². The van der Waals surface area contributed by atoms with Crippen LogP contribution in [-0.4, -0.2) is 36.2 Å². The summed E-state index contributed by atoms with van der Waals surface area (Å²) in [5.41, 5.74) is 0.889. The number of nitrogens with one attached hydrogen (secondary N) is 1. The highest BCUT2D eigenvalue weighted by Crippen LogP contribution is 2.14. The van der Waals surface area contributed by atoms with Gasteiger partial charge in [-0.25, -0.2) is 4.79 Å². The molecule has 1 fully saturated rings. The lowest BCUT2D eigenvalue weighted by atomic mass is 10.00. The number of hydrogen-bond acceptors (Lipinski definition) is 3. The maximum Gasteiger partial charge on any atom is 0.326 e. The molecule has 0 bridgehead atoms. The van der Waals surface area contributed by atoms with Gasteiger partial charge in [-0.2, -0.15) is 0 Å². The van der Waals surface area contributed by atoms with Crippen LogP contribution in [0.2, 0.25) is 0 Å². The predicted molar refractivity (Wildman–Crippen MR) is 73.3 cm³/mol. The second-order valence-corrected chi connectivity index (χ2v) is 5.00. The first kappa shape index (κ1) is 14.5. The number of aliphatic carboxylic acids is 1. The number of carbonyl (C=O) groups excluding carboxylic acids is 1. The maximum absolute atomic E-state index is 12.0. The minimum atomic E-state index is -1.01. The molecule has 0 aromatic heterocycles. The fraction of sp³-hybridized carbons (Fsp3) is 0.467. The Balaban J connectivity index is 1.95. The van der Waals surface area contributed by atoms with Gasteiger partial charge in [-0.05, 0) is 18.4 Å². The summed E-state index contributed by atoms with van der Waals surface area (Å²) in [4.78, 5) is 23.3. The second kappa shape index (κ2) is 7.05. The summed E-state index contributed by atoms with van der Waals surface area (Å²) < 4.78 is 5.26. The van der Waals surface area contributed by atoms with Crippen molar-refractivity contribution in [2.45, 2.75) is 25.3 Å². The van der Waals surface area contributed by atoms with E-state index >= 15 is 0 Å². The van der Waals surface area contributed by atoms with Crippen molar-refractivity contribution >= 4 is 11.9 Å². The molecule has 1 aromatic rings. The molecule has 2 rings (SSSR count). The third-order valence-electron chi connectivity index (χ3n) is 3.43. The first-order chi connectivity index (χ1) is 9.66. The smallest absolute Gasteiger partial charge is 0.326 e. The molecule has 0 radical (unpaired) electrons. The number of carboxylic acid groups (broad SMARTS) is 1. The Morgan fingerprint density at radius 2 is 2.10 bits per heavy atom. The first-order valence-corrected chi connectivity index (χ1v) is 6.81. The number of rotatable bonds is 5. The molecule has 5 heteroatoms. The van der Waals surface area contributed by atoms with Crippen molar-refractivity contribution in [1.82, 2.24) is 5.32 Å². The average Bonchev–Trinajstić information content (AvgIpc) is 2.48. The largest absolute Gasteiger partial charge is 0.480 e. The van der Waals surface area contributed by atoms with Crippen LogP contribution in [0.3, 0.4) is 0 Å². The minimum absolute atomic E-state index is 0.229. The van der Waals surface area contributed by atoms with E-state index in [2.05, 4.69) is 5.32 Å². The third-order valence-corrected chi connectivity index (χ3v) is 3.43. The molecule has 1 heterocycles. The zero-order valence-corrected chi connectivity index (χ0v) is 11.2. The number of carbonyl (C=O) groups is 2. The number of benzene rings is 1. The van der Waals surface area contributed by atoms with Gasteiger partial charge in [-0.1, -0.05) is 30.3 Å². The quantitative estimate of drug-likeness (QED) is 0.848. The van der Waals surface area contributed by atoms with E-state index in [9.17, 15) is 14.7 Å². The Bertz CT molecular complexity index is 454. The van der Waals surface area contributed by atoms with E-state index in [0.29, 0.717) is 13.2 Å². The van der Waals surface area contributed by atoms with Crippen LogP contribution in [0, 0.1) is 5.92 Å². The summed E-state index contributed by atoms with van der Waals surface area (Å²) in [6.07, 6.45) is 1.88. The fourth-order valence-electron chi connectivity index (χ4n) is 2.29. The van der Waals surface area contributed by atoms with Gasteiger partial charge in [0.05, 0.1) is 12.5 Å². The summed E-state index contributed by atoms with van der Waals surface area (Å²) in [6, 6.07) is 8.39. The van der Waals surface area contributed by atoms with Gasteiger partial charge in [0, 0.05) is 13.0 Å². The lowest BCUT2D eigenvalue weighted by molar-refractivity contribution is -0.143. The topological polar surface area (TPSA) is 75.6 Å². The molecule has 2 unspecified atom stereocenters. The van der Waals surface area contributed by atoms with Crippen molar-refractivity contribution in [3.8, 4) is 0 Å². The SMILES string of the molecule is O=C(NC(Cc1ccccc1)C(=O)O)C1CCCOC1. The molecular formula is C15H19NO4. The van der Waals surface area contributed by atoms with E-state index in [0.717, 1.165) is 18.4 Å². The van der Waals surface area contributed by atoms with Crippen LogP contribution in [0.25, 0.3) is 0 Å². The zero-order chi connectivity index (χ0) is 14.4. The molecule has 1 amide bonds. The molecule has 0 aliphatic carbocycles. The van der Waals surface area contributed by atoms with Crippen molar-refractivity contribution in [2.75, 3.05) is 13.2 Å². The molecule has 2 atom stereocenters. The lowest BCUT2D eigenvalue weighted by Crippen LogP contribution is -2.46. The Hall–Kier alpha value is -1.88. The van der Waals surface area contributed by atoms with Gasteiger partial charge in [0.15, 0.2) is 0 Å². The molecule has 5 nitrogen and oxygen atoms in total. The van der Waals surface area contributed by atoms with Crippen LogP contribution in [0.15, 0.2) is 30.3 Å². The number of ether oxygens (including phenoxy) is 1. The van der Waals surface area contributed by atoms with Gasteiger partial charge in [-0.15, -0.1) is 0 Å². The highest BCUT2D eigenvalue weighted by Gasteiger charge is 2.26. The Kier molecular flexibility index (Phi) is 5.12. The lowest BCUT2D eigenvalue weighted by Gasteiger charge is -2.23. The highest BCUT2D eigenvalue weighted by molar-refractivity contribution is 5.85. The monoisotopic (exact) mass is 277 g/mol. The molecule has 1 saturated heterocycles. The van der Waals surface area contributed by atoms with Gasteiger partial charge in [0.25, 0.3) is 0 Å². The molecule has 1 aliphatic heterocycles. The number of hydrogen-bond donors (Lipinski definition) is 2. The molecule has 0 saturated carbocycles. The van der Waals surface area contributed by atoms with Crippen LogP contribution in [0.1, 0.15) is 18.4 Å². The van der Waals surface area contributed by atoms with Crippen LogP contribution in [0.4, 0.5) is 0 Å². The minimum Gasteiger partial charge on any atom is -0.480 e. The Labute approximate surface area is 117 Å². The fourth-order valence-corrected chi connectivity index (χ4v) is 2.29. The Morgan fingerprint density at radius 1 is 1.35 bits per heavy atom.